The predicted octanol–water partition coefficient (Wildman–Crippen LogP) is 3.05. The van der Waals surface area contributed by atoms with E-state index in [-0.39, 0.29) is 0 Å². The van der Waals surface area contributed by atoms with Crippen LogP contribution >= 0.6 is 0 Å². The highest BCUT2D eigenvalue weighted by Gasteiger charge is 2.08. The Morgan fingerprint density at radius 2 is 2.09 bits per heavy atom. The van der Waals surface area contributed by atoms with Gasteiger partial charge in [0.15, 0.2) is 0 Å². The van der Waals surface area contributed by atoms with Crippen LogP contribution in [0.15, 0.2) is 5.16 Å². The molecule has 1 atom stereocenters. The van der Waals surface area contributed by atoms with Crippen LogP contribution in [0.1, 0.15) is 46.5 Å². The van der Waals surface area contributed by atoms with Gasteiger partial charge in [-0.1, -0.05) is 31.8 Å². The number of unbranched alkanes of at least 4 members (excludes halogenated alkanes) is 1. The molecular weight excluding hydrogens is 138 g/mol. The molecule has 11 heavy (non-hydrogen) atoms. The van der Waals surface area contributed by atoms with E-state index >= 15 is 0 Å². The van der Waals surface area contributed by atoms with Gasteiger partial charge in [0.05, 0.1) is 5.71 Å². The van der Waals surface area contributed by atoms with Crippen molar-refractivity contribution in [2.75, 3.05) is 0 Å². The molecule has 2 nitrogen and oxygen atoms in total. The van der Waals surface area contributed by atoms with Gasteiger partial charge in [-0.05, 0) is 19.8 Å². The molecule has 0 amide bonds. The van der Waals surface area contributed by atoms with E-state index in [2.05, 4.69) is 19.0 Å². The SMILES string of the molecule is CCCC[C@H](CC)/C(C)=N\O. The lowest BCUT2D eigenvalue weighted by Crippen LogP contribution is -2.09. The molecule has 0 fully saturated rings. The number of rotatable bonds is 5. The maximum atomic E-state index is 8.52. The van der Waals surface area contributed by atoms with Crippen LogP contribution in [-0.4, -0.2) is 10.9 Å². The van der Waals surface area contributed by atoms with Crippen LogP contribution in [0.25, 0.3) is 0 Å². The van der Waals surface area contributed by atoms with Crippen molar-refractivity contribution < 1.29 is 5.21 Å². The van der Waals surface area contributed by atoms with Crippen LogP contribution in [0.2, 0.25) is 0 Å². The Bertz CT molecular complexity index is 121. The van der Waals surface area contributed by atoms with Crippen LogP contribution < -0.4 is 0 Å². The average Bonchev–Trinajstić information content (AvgIpc) is 2.05. The first-order valence-electron chi connectivity index (χ1n) is 4.44. The van der Waals surface area contributed by atoms with Crippen molar-refractivity contribution in [3.05, 3.63) is 0 Å². The standard InChI is InChI=1S/C9H19NO/c1-4-6-7-9(5-2)8(3)10-11/h9,11H,4-7H2,1-3H3/b10-8-/t9-/m0/s1. The van der Waals surface area contributed by atoms with Gasteiger partial charge in [-0.25, -0.2) is 0 Å². The fraction of sp³-hybridized carbons (Fsp3) is 0.889. The zero-order valence-corrected chi connectivity index (χ0v) is 7.80. The highest BCUT2D eigenvalue weighted by molar-refractivity contribution is 5.83. The summed E-state index contributed by atoms with van der Waals surface area (Å²) in [4.78, 5) is 0. The fourth-order valence-corrected chi connectivity index (χ4v) is 1.24. The van der Waals surface area contributed by atoms with Gasteiger partial charge in [0.25, 0.3) is 0 Å². The number of oxime groups is 1. The normalized spacial score (nSPS) is 15.0. The molecule has 0 saturated heterocycles. The third-order valence-corrected chi connectivity index (χ3v) is 2.15. The lowest BCUT2D eigenvalue weighted by atomic mass is 9.95. The minimum absolute atomic E-state index is 0.486. The van der Waals surface area contributed by atoms with Crippen molar-refractivity contribution in [1.82, 2.24) is 0 Å². The molecule has 0 radical (unpaired) electrons. The quantitative estimate of drug-likeness (QED) is 0.371. The molecule has 0 heterocycles. The van der Waals surface area contributed by atoms with Gasteiger partial charge >= 0.3 is 0 Å². The van der Waals surface area contributed by atoms with Crippen LogP contribution in [0.5, 0.6) is 0 Å². The van der Waals surface area contributed by atoms with E-state index in [1.807, 2.05) is 6.92 Å². The molecule has 1 N–H and O–H groups in total. The summed E-state index contributed by atoms with van der Waals surface area (Å²) in [6.07, 6.45) is 4.68. The summed E-state index contributed by atoms with van der Waals surface area (Å²) in [5.74, 6) is 0.486. The van der Waals surface area contributed by atoms with Crippen molar-refractivity contribution in [1.29, 1.82) is 0 Å². The van der Waals surface area contributed by atoms with Crippen molar-refractivity contribution >= 4 is 5.71 Å². The zero-order chi connectivity index (χ0) is 8.69. The highest BCUT2D eigenvalue weighted by Crippen LogP contribution is 2.13. The van der Waals surface area contributed by atoms with Crippen molar-refractivity contribution in [3.8, 4) is 0 Å². The monoisotopic (exact) mass is 157 g/mol. The zero-order valence-electron chi connectivity index (χ0n) is 7.80. The summed E-state index contributed by atoms with van der Waals surface area (Å²) in [7, 11) is 0. The van der Waals surface area contributed by atoms with Gasteiger partial charge in [-0.15, -0.1) is 0 Å². The van der Waals surface area contributed by atoms with E-state index in [9.17, 15) is 0 Å². The van der Waals surface area contributed by atoms with E-state index in [1.165, 1.54) is 12.8 Å². The molecule has 0 saturated carbocycles. The van der Waals surface area contributed by atoms with Gasteiger partial charge in [-0.2, -0.15) is 0 Å². The van der Waals surface area contributed by atoms with Crippen LogP contribution in [-0.2, 0) is 0 Å². The number of hydrogen-bond acceptors (Lipinski definition) is 2. The summed E-state index contributed by atoms with van der Waals surface area (Å²) in [5.41, 5.74) is 0.876. The lowest BCUT2D eigenvalue weighted by Gasteiger charge is -2.11. The van der Waals surface area contributed by atoms with E-state index in [0.717, 1.165) is 18.6 Å². The molecule has 0 rings (SSSR count). The van der Waals surface area contributed by atoms with Crippen LogP contribution in [0.3, 0.4) is 0 Å². The van der Waals surface area contributed by atoms with Gasteiger partial charge < -0.3 is 5.21 Å². The van der Waals surface area contributed by atoms with Crippen LogP contribution in [0, 0.1) is 5.92 Å². The molecule has 0 unspecified atom stereocenters. The average molecular weight is 157 g/mol. The van der Waals surface area contributed by atoms with E-state index in [4.69, 9.17) is 5.21 Å². The Labute approximate surface area is 69.3 Å². The van der Waals surface area contributed by atoms with Gasteiger partial charge in [0, 0.05) is 5.92 Å². The smallest absolute Gasteiger partial charge is 0.0570 e. The maximum absolute atomic E-state index is 8.52. The minimum atomic E-state index is 0.486. The molecule has 2 heteroatoms. The van der Waals surface area contributed by atoms with Gasteiger partial charge in [0.1, 0.15) is 0 Å². The predicted molar refractivity (Wildman–Crippen MR) is 48.2 cm³/mol. The molecule has 0 aliphatic heterocycles. The van der Waals surface area contributed by atoms with Crippen molar-refractivity contribution in [2.24, 2.45) is 11.1 Å². The second-order valence-corrected chi connectivity index (χ2v) is 2.99. The fourth-order valence-electron chi connectivity index (χ4n) is 1.24. The van der Waals surface area contributed by atoms with E-state index in [1.54, 1.807) is 0 Å². The summed E-state index contributed by atoms with van der Waals surface area (Å²) >= 11 is 0. The number of hydrogen-bond donors (Lipinski definition) is 1. The second kappa shape index (κ2) is 6.20. The molecule has 0 spiro atoms. The largest absolute Gasteiger partial charge is 0.411 e. The molecular formula is C9H19NO. The summed E-state index contributed by atoms with van der Waals surface area (Å²) < 4.78 is 0. The molecule has 0 aromatic heterocycles. The lowest BCUT2D eigenvalue weighted by molar-refractivity contribution is 0.313. The maximum Gasteiger partial charge on any atom is 0.0570 e. The molecule has 0 aliphatic rings. The Hall–Kier alpha value is -0.530. The Kier molecular flexibility index (Phi) is 5.90. The first-order valence-corrected chi connectivity index (χ1v) is 4.44. The molecule has 66 valence electrons. The first kappa shape index (κ1) is 10.5. The topological polar surface area (TPSA) is 32.6 Å². The second-order valence-electron chi connectivity index (χ2n) is 2.99. The Balaban J connectivity index is 3.75. The van der Waals surface area contributed by atoms with Gasteiger partial charge in [0.2, 0.25) is 0 Å². The van der Waals surface area contributed by atoms with E-state index in [0.29, 0.717) is 5.92 Å². The summed E-state index contributed by atoms with van der Waals surface area (Å²) in [5, 5.41) is 11.8. The Morgan fingerprint density at radius 3 is 2.45 bits per heavy atom. The minimum Gasteiger partial charge on any atom is -0.411 e. The first-order chi connectivity index (χ1) is 5.26. The third kappa shape index (κ3) is 4.02. The van der Waals surface area contributed by atoms with Crippen molar-refractivity contribution in [3.63, 3.8) is 0 Å². The summed E-state index contributed by atoms with van der Waals surface area (Å²) in [6, 6.07) is 0. The molecule has 0 bridgehead atoms. The molecule has 0 aliphatic carbocycles. The number of nitrogens with zero attached hydrogens (tertiary/aromatic N) is 1. The molecule has 0 aromatic rings. The third-order valence-electron chi connectivity index (χ3n) is 2.15. The van der Waals surface area contributed by atoms with Gasteiger partial charge in [-0.3, -0.25) is 0 Å². The highest BCUT2D eigenvalue weighted by atomic mass is 16.4. The van der Waals surface area contributed by atoms with Crippen molar-refractivity contribution in [2.45, 2.75) is 46.5 Å². The van der Waals surface area contributed by atoms with E-state index < -0.39 is 0 Å². The molecule has 0 aromatic carbocycles. The Morgan fingerprint density at radius 1 is 1.45 bits per heavy atom. The summed E-state index contributed by atoms with van der Waals surface area (Å²) in [6.45, 7) is 6.21. The van der Waals surface area contributed by atoms with Crippen LogP contribution in [0.4, 0.5) is 0 Å².